The van der Waals surface area contributed by atoms with E-state index < -0.39 is 0 Å². The van der Waals surface area contributed by atoms with Gasteiger partial charge in [-0.1, -0.05) is 24.7 Å². The Bertz CT molecular complexity index is 222. The summed E-state index contributed by atoms with van der Waals surface area (Å²) in [7, 11) is 0. The third kappa shape index (κ3) is 1.70. The van der Waals surface area contributed by atoms with Crippen molar-refractivity contribution in [2.75, 3.05) is 5.73 Å². The number of thiazole rings is 1. The Morgan fingerprint density at radius 1 is 1.70 bits per heavy atom. The molecule has 4 heteroatoms. The van der Waals surface area contributed by atoms with Crippen LogP contribution in [0.2, 0.25) is 0 Å². The number of aromatic nitrogens is 1. The van der Waals surface area contributed by atoms with E-state index in [0.717, 1.165) is 27.5 Å². The maximum Gasteiger partial charge on any atom is 0.161 e. The molecule has 0 saturated carbocycles. The minimum Gasteiger partial charge on any atom is -0.389 e. The summed E-state index contributed by atoms with van der Waals surface area (Å²) in [6, 6.07) is 0. The Balaban J connectivity index is 2.81. The van der Waals surface area contributed by atoms with E-state index in [0.29, 0.717) is 0 Å². The SMILES string of the molecule is CCCc1nc(Br)sc1N. The lowest BCUT2D eigenvalue weighted by Crippen LogP contribution is -1.89. The first-order valence-electron chi connectivity index (χ1n) is 3.14. The summed E-state index contributed by atoms with van der Waals surface area (Å²) in [5, 5.41) is 0.841. The standard InChI is InChI=1S/C6H9BrN2S/c1-2-3-4-5(8)10-6(7)9-4/h2-3,8H2,1H3. The number of nitrogens with two attached hydrogens (primary N) is 1. The Labute approximate surface area is 72.6 Å². The summed E-state index contributed by atoms with van der Waals surface area (Å²) in [5.74, 6) is 0. The van der Waals surface area contributed by atoms with Gasteiger partial charge in [0.25, 0.3) is 0 Å². The second-order valence-electron chi connectivity index (χ2n) is 2.03. The van der Waals surface area contributed by atoms with Crippen molar-refractivity contribution in [2.24, 2.45) is 0 Å². The number of halogens is 1. The molecule has 0 radical (unpaired) electrons. The van der Waals surface area contributed by atoms with Crippen LogP contribution < -0.4 is 5.73 Å². The van der Waals surface area contributed by atoms with Crippen molar-refractivity contribution >= 4 is 32.3 Å². The molecule has 0 aliphatic carbocycles. The van der Waals surface area contributed by atoms with Crippen LogP contribution in [0.5, 0.6) is 0 Å². The van der Waals surface area contributed by atoms with Crippen LogP contribution in [0.15, 0.2) is 3.92 Å². The predicted octanol–water partition coefficient (Wildman–Crippen LogP) is 2.44. The molecular weight excluding hydrogens is 212 g/mol. The average Bonchev–Trinajstić information content (AvgIpc) is 2.13. The van der Waals surface area contributed by atoms with Gasteiger partial charge in [-0.05, 0) is 22.4 Å². The van der Waals surface area contributed by atoms with E-state index in [1.807, 2.05) is 0 Å². The molecule has 1 heterocycles. The van der Waals surface area contributed by atoms with E-state index in [1.54, 1.807) is 0 Å². The highest BCUT2D eigenvalue weighted by Gasteiger charge is 2.03. The van der Waals surface area contributed by atoms with Gasteiger partial charge in [-0.3, -0.25) is 0 Å². The van der Waals surface area contributed by atoms with E-state index in [-0.39, 0.29) is 0 Å². The Morgan fingerprint density at radius 2 is 2.40 bits per heavy atom. The Kier molecular flexibility index (Phi) is 2.68. The Hall–Kier alpha value is -0.0900. The van der Waals surface area contributed by atoms with E-state index in [2.05, 4.69) is 27.8 Å². The highest BCUT2D eigenvalue weighted by molar-refractivity contribution is 9.11. The van der Waals surface area contributed by atoms with Crippen molar-refractivity contribution in [3.63, 3.8) is 0 Å². The minimum atomic E-state index is 0.841. The molecule has 0 saturated heterocycles. The van der Waals surface area contributed by atoms with E-state index in [4.69, 9.17) is 5.73 Å². The molecule has 1 rings (SSSR count). The van der Waals surface area contributed by atoms with Gasteiger partial charge in [0.1, 0.15) is 5.00 Å². The van der Waals surface area contributed by atoms with Gasteiger partial charge in [0.05, 0.1) is 5.69 Å². The molecule has 0 atom stereocenters. The molecule has 2 nitrogen and oxygen atoms in total. The fourth-order valence-corrected chi connectivity index (χ4v) is 2.09. The second-order valence-corrected chi connectivity index (χ2v) is 4.33. The van der Waals surface area contributed by atoms with Crippen LogP contribution in [0.4, 0.5) is 5.00 Å². The number of rotatable bonds is 2. The van der Waals surface area contributed by atoms with Crippen molar-refractivity contribution in [1.29, 1.82) is 0 Å². The van der Waals surface area contributed by atoms with Crippen LogP contribution in [0.1, 0.15) is 19.0 Å². The normalized spacial score (nSPS) is 10.2. The third-order valence-electron chi connectivity index (χ3n) is 1.19. The molecular formula is C6H9BrN2S. The zero-order chi connectivity index (χ0) is 7.56. The molecule has 1 aromatic heterocycles. The topological polar surface area (TPSA) is 38.9 Å². The van der Waals surface area contributed by atoms with Gasteiger partial charge in [0, 0.05) is 0 Å². The fraction of sp³-hybridized carbons (Fsp3) is 0.500. The summed E-state index contributed by atoms with van der Waals surface area (Å²) in [6.45, 7) is 2.12. The van der Waals surface area contributed by atoms with Gasteiger partial charge in [0.15, 0.2) is 3.92 Å². The number of anilines is 1. The van der Waals surface area contributed by atoms with Crippen molar-refractivity contribution in [3.05, 3.63) is 9.61 Å². The van der Waals surface area contributed by atoms with Crippen molar-refractivity contribution in [3.8, 4) is 0 Å². The zero-order valence-corrected chi connectivity index (χ0v) is 8.13. The maximum absolute atomic E-state index is 5.65. The number of hydrogen-bond donors (Lipinski definition) is 1. The smallest absolute Gasteiger partial charge is 0.161 e. The number of nitrogen functional groups attached to an aromatic ring is 1. The van der Waals surface area contributed by atoms with E-state index in [9.17, 15) is 0 Å². The lowest BCUT2D eigenvalue weighted by molar-refractivity contribution is 0.892. The summed E-state index contributed by atoms with van der Waals surface area (Å²) in [4.78, 5) is 4.21. The quantitative estimate of drug-likeness (QED) is 0.832. The van der Waals surface area contributed by atoms with Gasteiger partial charge in [-0.2, -0.15) is 0 Å². The molecule has 0 aliphatic rings. The highest BCUT2D eigenvalue weighted by atomic mass is 79.9. The van der Waals surface area contributed by atoms with Crippen molar-refractivity contribution in [1.82, 2.24) is 4.98 Å². The molecule has 0 aromatic carbocycles. The Morgan fingerprint density at radius 3 is 2.80 bits per heavy atom. The highest BCUT2D eigenvalue weighted by Crippen LogP contribution is 2.25. The van der Waals surface area contributed by atoms with Crippen LogP contribution in [-0.2, 0) is 6.42 Å². The van der Waals surface area contributed by atoms with Gasteiger partial charge >= 0.3 is 0 Å². The molecule has 0 fully saturated rings. The largest absolute Gasteiger partial charge is 0.389 e. The van der Waals surface area contributed by atoms with Crippen LogP contribution in [-0.4, -0.2) is 4.98 Å². The number of nitrogens with zero attached hydrogens (tertiary/aromatic N) is 1. The first-order valence-corrected chi connectivity index (χ1v) is 4.75. The molecule has 0 aliphatic heterocycles. The van der Waals surface area contributed by atoms with Gasteiger partial charge in [-0.15, -0.1) is 0 Å². The van der Waals surface area contributed by atoms with Gasteiger partial charge in [-0.25, -0.2) is 4.98 Å². The molecule has 0 spiro atoms. The molecule has 0 bridgehead atoms. The zero-order valence-electron chi connectivity index (χ0n) is 5.72. The monoisotopic (exact) mass is 220 g/mol. The van der Waals surface area contributed by atoms with Crippen LogP contribution >= 0.6 is 27.3 Å². The predicted molar refractivity (Wildman–Crippen MR) is 48.2 cm³/mol. The van der Waals surface area contributed by atoms with E-state index in [1.165, 1.54) is 11.3 Å². The lowest BCUT2D eigenvalue weighted by atomic mass is 10.3. The summed E-state index contributed by atoms with van der Waals surface area (Å²) >= 11 is 4.77. The van der Waals surface area contributed by atoms with Crippen LogP contribution in [0.3, 0.4) is 0 Å². The summed E-state index contributed by atoms with van der Waals surface area (Å²) in [6.07, 6.45) is 2.08. The van der Waals surface area contributed by atoms with Gasteiger partial charge < -0.3 is 5.73 Å². The molecule has 56 valence electrons. The third-order valence-corrected chi connectivity index (χ3v) is 2.57. The summed E-state index contributed by atoms with van der Waals surface area (Å²) in [5.41, 5.74) is 6.68. The maximum atomic E-state index is 5.65. The average molecular weight is 221 g/mol. The first-order chi connectivity index (χ1) is 4.74. The molecule has 1 aromatic rings. The second kappa shape index (κ2) is 3.34. The number of aryl methyl sites for hydroxylation is 1. The van der Waals surface area contributed by atoms with Crippen molar-refractivity contribution in [2.45, 2.75) is 19.8 Å². The van der Waals surface area contributed by atoms with E-state index >= 15 is 0 Å². The molecule has 0 amide bonds. The lowest BCUT2D eigenvalue weighted by Gasteiger charge is -1.90. The van der Waals surface area contributed by atoms with Crippen molar-refractivity contribution < 1.29 is 0 Å². The minimum absolute atomic E-state index is 0.841. The van der Waals surface area contributed by atoms with Crippen LogP contribution in [0.25, 0.3) is 0 Å². The fourth-order valence-electron chi connectivity index (χ4n) is 0.750. The first kappa shape index (κ1) is 8.01. The summed E-state index contributed by atoms with van der Waals surface area (Å²) < 4.78 is 0.883. The molecule has 0 unspecified atom stereocenters. The molecule has 2 N–H and O–H groups in total. The van der Waals surface area contributed by atoms with Gasteiger partial charge in [0.2, 0.25) is 0 Å². The molecule has 10 heavy (non-hydrogen) atoms. The number of hydrogen-bond acceptors (Lipinski definition) is 3. The van der Waals surface area contributed by atoms with Crippen LogP contribution in [0, 0.1) is 0 Å².